The number of nitrogens with one attached hydrogen (secondary N) is 2. The molecule has 0 spiro atoms. The summed E-state index contributed by atoms with van der Waals surface area (Å²) in [6.45, 7) is 5.37. The van der Waals surface area contributed by atoms with E-state index in [0.29, 0.717) is 22.2 Å². The first-order chi connectivity index (χ1) is 13.2. The first kappa shape index (κ1) is 19.9. The Bertz CT molecular complexity index is 927. The second-order valence-corrected chi connectivity index (χ2v) is 7.66. The van der Waals surface area contributed by atoms with Crippen LogP contribution in [0, 0.1) is 0 Å². The van der Waals surface area contributed by atoms with Crippen molar-refractivity contribution in [3.63, 3.8) is 0 Å². The summed E-state index contributed by atoms with van der Waals surface area (Å²) < 4.78 is 0. The van der Waals surface area contributed by atoms with Crippen LogP contribution in [0.1, 0.15) is 37.8 Å². The monoisotopic (exact) mass is 399 g/mol. The van der Waals surface area contributed by atoms with Crippen LogP contribution in [0.4, 0.5) is 10.5 Å². The Morgan fingerprint density at radius 3 is 2.39 bits per heavy atom. The van der Waals surface area contributed by atoms with Crippen molar-refractivity contribution >= 4 is 35.1 Å². The molecule has 2 aromatic rings. The molecule has 2 aromatic carbocycles. The molecule has 4 amide bonds. The summed E-state index contributed by atoms with van der Waals surface area (Å²) in [6, 6.07) is 13.6. The number of nitrogens with zero attached hydrogens (tertiary/aromatic N) is 1. The summed E-state index contributed by atoms with van der Waals surface area (Å²) >= 11 is 6.20. The van der Waals surface area contributed by atoms with E-state index in [2.05, 4.69) is 24.5 Å². The van der Waals surface area contributed by atoms with E-state index < -0.39 is 23.4 Å². The van der Waals surface area contributed by atoms with Crippen LogP contribution in [0.15, 0.2) is 48.5 Å². The molecule has 7 heteroatoms. The molecule has 146 valence electrons. The fourth-order valence-corrected chi connectivity index (χ4v) is 3.51. The molecule has 1 aliphatic heterocycles. The number of anilines is 1. The van der Waals surface area contributed by atoms with Gasteiger partial charge in [-0.15, -0.1) is 0 Å². The van der Waals surface area contributed by atoms with Crippen molar-refractivity contribution in [3.8, 4) is 0 Å². The zero-order valence-electron chi connectivity index (χ0n) is 16.0. The molecule has 3 rings (SSSR count). The van der Waals surface area contributed by atoms with E-state index in [1.165, 1.54) is 0 Å². The summed E-state index contributed by atoms with van der Waals surface area (Å²) in [5, 5.41) is 5.74. The predicted molar refractivity (Wildman–Crippen MR) is 108 cm³/mol. The third-order valence-electron chi connectivity index (χ3n) is 4.85. The lowest BCUT2D eigenvalue weighted by Gasteiger charge is -2.23. The van der Waals surface area contributed by atoms with Gasteiger partial charge in [0.1, 0.15) is 12.1 Å². The minimum atomic E-state index is -1.31. The van der Waals surface area contributed by atoms with Gasteiger partial charge in [0.2, 0.25) is 5.91 Å². The van der Waals surface area contributed by atoms with Gasteiger partial charge in [-0.3, -0.25) is 14.5 Å². The molecule has 2 N–H and O–H groups in total. The summed E-state index contributed by atoms with van der Waals surface area (Å²) in [7, 11) is 0. The lowest BCUT2D eigenvalue weighted by molar-refractivity contribution is -0.133. The number of urea groups is 1. The van der Waals surface area contributed by atoms with Gasteiger partial charge in [0.05, 0.1) is 0 Å². The molecule has 1 heterocycles. The molecule has 0 bridgehead atoms. The van der Waals surface area contributed by atoms with Crippen LogP contribution in [-0.2, 0) is 15.1 Å². The minimum absolute atomic E-state index is 0.371. The van der Waals surface area contributed by atoms with Crippen molar-refractivity contribution in [1.29, 1.82) is 0 Å². The molecule has 1 fully saturated rings. The SMILES string of the molecule is CC(C)c1ccc(NC(=O)CN2C(=O)NC(C)(c3ccccc3Cl)C2=O)cc1. The average Bonchev–Trinajstić information content (AvgIpc) is 2.86. The van der Waals surface area contributed by atoms with Crippen LogP contribution in [-0.4, -0.2) is 29.3 Å². The zero-order chi connectivity index (χ0) is 20.5. The van der Waals surface area contributed by atoms with Crippen molar-refractivity contribution < 1.29 is 14.4 Å². The number of carbonyl (C=O) groups is 3. The average molecular weight is 400 g/mol. The first-order valence-corrected chi connectivity index (χ1v) is 9.39. The molecule has 1 aliphatic rings. The van der Waals surface area contributed by atoms with Crippen molar-refractivity contribution in [2.24, 2.45) is 0 Å². The van der Waals surface area contributed by atoms with Gasteiger partial charge in [-0.25, -0.2) is 4.79 Å². The van der Waals surface area contributed by atoms with Gasteiger partial charge in [-0.05, 0) is 36.6 Å². The smallest absolute Gasteiger partial charge is 0.325 e. The minimum Gasteiger partial charge on any atom is -0.325 e. The van der Waals surface area contributed by atoms with Crippen LogP contribution >= 0.6 is 11.6 Å². The van der Waals surface area contributed by atoms with Crippen LogP contribution in [0.2, 0.25) is 5.02 Å². The Kier molecular flexibility index (Phi) is 5.42. The van der Waals surface area contributed by atoms with Crippen LogP contribution in [0.5, 0.6) is 0 Å². The fourth-order valence-electron chi connectivity index (χ4n) is 3.19. The maximum absolute atomic E-state index is 12.9. The van der Waals surface area contributed by atoms with E-state index in [9.17, 15) is 14.4 Å². The lowest BCUT2D eigenvalue weighted by atomic mass is 9.92. The normalized spacial score (nSPS) is 19.1. The summed E-state index contributed by atoms with van der Waals surface area (Å²) in [5.41, 5.74) is 0.939. The number of carbonyl (C=O) groups excluding carboxylic acids is 3. The summed E-state index contributed by atoms with van der Waals surface area (Å²) in [5.74, 6) is -0.585. The third kappa shape index (κ3) is 3.73. The standard InChI is InChI=1S/C21H22ClN3O3/c1-13(2)14-8-10-15(11-9-14)23-18(26)12-25-19(27)21(3,24-20(25)28)16-6-4-5-7-17(16)22/h4-11,13H,12H2,1-3H3,(H,23,26)(H,24,28). The lowest BCUT2D eigenvalue weighted by Crippen LogP contribution is -2.42. The number of amides is 4. The predicted octanol–water partition coefficient (Wildman–Crippen LogP) is 3.87. The summed E-state index contributed by atoms with van der Waals surface area (Å²) in [4.78, 5) is 38.6. The van der Waals surface area contributed by atoms with Crippen LogP contribution in [0.3, 0.4) is 0 Å². The van der Waals surface area contributed by atoms with Gasteiger partial charge in [-0.1, -0.05) is 55.8 Å². The highest BCUT2D eigenvalue weighted by Gasteiger charge is 2.50. The Labute approximate surface area is 168 Å². The van der Waals surface area contributed by atoms with Crippen molar-refractivity contribution in [2.45, 2.75) is 32.2 Å². The van der Waals surface area contributed by atoms with Crippen LogP contribution in [0.25, 0.3) is 0 Å². The van der Waals surface area contributed by atoms with Gasteiger partial charge in [-0.2, -0.15) is 0 Å². The molecule has 1 atom stereocenters. The van der Waals surface area contributed by atoms with E-state index >= 15 is 0 Å². The van der Waals surface area contributed by atoms with Gasteiger partial charge in [0.25, 0.3) is 5.91 Å². The number of rotatable bonds is 5. The van der Waals surface area contributed by atoms with E-state index in [-0.39, 0.29) is 6.54 Å². The Morgan fingerprint density at radius 1 is 1.14 bits per heavy atom. The number of benzene rings is 2. The highest BCUT2D eigenvalue weighted by Crippen LogP contribution is 2.33. The molecule has 0 radical (unpaired) electrons. The van der Waals surface area contributed by atoms with E-state index in [0.717, 1.165) is 10.5 Å². The van der Waals surface area contributed by atoms with Gasteiger partial charge < -0.3 is 10.6 Å². The van der Waals surface area contributed by atoms with Gasteiger partial charge in [0.15, 0.2) is 0 Å². The Balaban J connectivity index is 1.72. The highest BCUT2D eigenvalue weighted by molar-refractivity contribution is 6.32. The second-order valence-electron chi connectivity index (χ2n) is 7.25. The van der Waals surface area contributed by atoms with Gasteiger partial charge in [0, 0.05) is 16.3 Å². The summed E-state index contributed by atoms with van der Waals surface area (Å²) in [6.07, 6.45) is 0. The molecule has 28 heavy (non-hydrogen) atoms. The molecular weight excluding hydrogens is 378 g/mol. The van der Waals surface area contributed by atoms with Crippen molar-refractivity contribution in [3.05, 3.63) is 64.7 Å². The topological polar surface area (TPSA) is 78.5 Å². The second kappa shape index (κ2) is 7.64. The molecule has 0 aliphatic carbocycles. The first-order valence-electron chi connectivity index (χ1n) is 9.01. The Morgan fingerprint density at radius 2 is 1.79 bits per heavy atom. The highest BCUT2D eigenvalue weighted by atomic mass is 35.5. The molecule has 6 nitrogen and oxygen atoms in total. The maximum Gasteiger partial charge on any atom is 0.325 e. The number of hydrogen-bond donors (Lipinski definition) is 2. The van der Waals surface area contributed by atoms with E-state index in [4.69, 9.17) is 11.6 Å². The van der Waals surface area contributed by atoms with E-state index in [1.54, 1.807) is 43.3 Å². The molecule has 1 saturated heterocycles. The Hall–Kier alpha value is -2.86. The number of hydrogen-bond acceptors (Lipinski definition) is 3. The maximum atomic E-state index is 12.9. The molecule has 0 aromatic heterocycles. The molecular formula is C21H22ClN3O3. The third-order valence-corrected chi connectivity index (χ3v) is 5.18. The molecule has 1 unspecified atom stereocenters. The fraction of sp³-hybridized carbons (Fsp3) is 0.286. The largest absolute Gasteiger partial charge is 0.325 e. The zero-order valence-corrected chi connectivity index (χ0v) is 16.7. The van der Waals surface area contributed by atoms with Gasteiger partial charge >= 0.3 is 6.03 Å². The number of halogens is 1. The van der Waals surface area contributed by atoms with Crippen LogP contribution < -0.4 is 10.6 Å². The molecule has 0 saturated carbocycles. The quantitative estimate of drug-likeness (QED) is 0.749. The van der Waals surface area contributed by atoms with E-state index in [1.807, 2.05) is 12.1 Å². The van der Waals surface area contributed by atoms with Crippen molar-refractivity contribution in [2.75, 3.05) is 11.9 Å². The van der Waals surface area contributed by atoms with Crippen molar-refractivity contribution in [1.82, 2.24) is 10.2 Å². The number of imide groups is 1.